The first kappa shape index (κ1) is 11.9. The number of thiazole rings is 1. The first-order chi connectivity index (χ1) is 8.55. The molecule has 88 valence electrons. The lowest BCUT2D eigenvalue weighted by molar-refractivity contribution is 0.850. The number of hydrogen-bond donors (Lipinski definition) is 0. The maximum absolute atomic E-state index is 6.10. The zero-order valence-corrected chi connectivity index (χ0v) is 11.8. The minimum Gasteiger partial charge on any atom is -0.303 e. The van der Waals surface area contributed by atoms with Crippen molar-refractivity contribution in [1.82, 2.24) is 14.4 Å². The van der Waals surface area contributed by atoms with Gasteiger partial charge in [-0.3, -0.25) is 0 Å². The molecule has 0 saturated carbocycles. The van der Waals surface area contributed by atoms with Crippen LogP contribution in [-0.2, 0) is 5.06 Å². The van der Waals surface area contributed by atoms with Crippen LogP contribution < -0.4 is 0 Å². The Balaban J connectivity index is 2.22. The third-order valence-corrected chi connectivity index (χ3v) is 3.77. The van der Waals surface area contributed by atoms with Gasteiger partial charge in [-0.2, -0.15) is 0 Å². The van der Waals surface area contributed by atoms with Gasteiger partial charge in [0, 0.05) is 28.4 Å². The molecule has 0 aliphatic heterocycles. The maximum Gasteiger partial charge on any atom is 0.124 e. The average molecular weight is 271 g/mol. The van der Waals surface area contributed by atoms with Crippen molar-refractivity contribution >= 4 is 33.9 Å². The Morgan fingerprint density at radius 2 is 2.22 bits per heavy atom. The summed E-state index contributed by atoms with van der Waals surface area (Å²) in [5, 5.41) is 2.42. The molecular weight excluding hydrogens is 260 g/mol. The molecule has 0 amide bonds. The first-order valence-electron chi connectivity index (χ1n) is 5.51. The largest absolute Gasteiger partial charge is 0.303 e. The summed E-state index contributed by atoms with van der Waals surface area (Å²) in [5.41, 5.74) is 2.11. The highest BCUT2D eigenvalue weighted by Gasteiger charge is 2.19. The van der Waals surface area contributed by atoms with E-state index in [1.807, 2.05) is 41.4 Å². The molecule has 0 aliphatic carbocycles. The van der Waals surface area contributed by atoms with Gasteiger partial charge in [0.15, 0.2) is 0 Å². The number of imidazole rings is 1. The summed E-state index contributed by atoms with van der Waals surface area (Å²) in [5.74, 6) is 0.820. The molecule has 0 bridgehead atoms. The Labute approximate surface area is 113 Å². The fourth-order valence-electron chi connectivity index (χ4n) is 1.88. The van der Waals surface area contributed by atoms with Gasteiger partial charge in [0.05, 0.1) is 19.6 Å². The van der Waals surface area contributed by atoms with Gasteiger partial charge in [0.25, 0.3) is 0 Å². The van der Waals surface area contributed by atoms with Gasteiger partial charge < -0.3 is 4.40 Å². The molecule has 2 atom stereocenters. The maximum atomic E-state index is 6.10. The Bertz CT molecular complexity index is 685. The number of rotatable bonds is 2. The van der Waals surface area contributed by atoms with Crippen molar-refractivity contribution in [2.24, 2.45) is 0 Å². The van der Waals surface area contributed by atoms with Crippen molar-refractivity contribution in [3.63, 3.8) is 0 Å². The molecule has 0 saturated heterocycles. The quantitative estimate of drug-likeness (QED) is 0.530. The van der Waals surface area contributed by atoms with Gasteiger partial charge in [0.2, 0.25) is 0 Å². The van der Waals surface area contributed by atoms with Crippen LogP contribution in [0, 0.1) is 0 Å². The normalized spacial score (nSPS) is 14.8. The fraction of sp³-hybridized carbons (Fsp3) is 0.167. The summed E-state index contributed by atoms with van der Waals surface area (Å²) in [6, 6.07) is 4.08. The van der Waals surface area contributed by atoms with E-state index in [0.29, 0.717) is 0 Å². The molecule has 0 N–H and O–H groups in total. The number of pyridine rings is 1. The molecule has 3 aromatic rings. The summed E-state index contributed by atoms with van der Waals surface area (Å²) in [6.07, 6.45) is 5.67. The minimum atomic E-state index is -0.548. The van der Waals surface area contributed by atoms with E-state index in [1.165, 1.54) is 0 Å². The van der Waals surface area contributed by atoms with Crippen molar-refractivity contribution in [3.8, 4) is 10.6 Å². The number of hydrogen-bond acceptors (Lipinski definition) is 3. The van der Waals surface area contributed by atoms with Crippen molar-refractivity contribution < 1.29 is 0 Å². The highest BCUT2D eigenvalue weighted by Crippen LogP contribution is 2.29. The Kier molecular flexibility index (Phi) is 2.76. The van der Waals surface area contributed by atoms with E-state index in [0.717, 1.165) is 21.9 Å². The monoisotopic (exact) mass is 271 g/mol. The van der Waals surface area contributed by atoms with Crippen LogP contribution in [0.4, 0.5) is 0 Å². The SMILES string of the molecule is [B]C(C)(P)c1ncc2ccc(-c3nccs3)cn12. The Hall–Kier alpha value is -1.19. The molecule has 2 unspecified atom stereocenters. The number of nitrogens with zero attached hydrogens (tertiary/aromatic N) is 3. The van der Waals surface area contributed by atoms with Gasteiger partial charge >= 0.3 is 0 Å². The van der Waals surface area contributed by atoms with Crippen LogP contribution in [0.25, 0.3) is 16.1 Å². The standard InChI is InChI=1S/C12H11BN3PS/c1-12(13,17)11-15-6-9-3-2-8(7-16(9)11)10-14-4-5-18-10/h2-7H,17H2,1H3. The smallest absolute Gasteiger partial charge is 0.124 e. The van der Waals surface area contributed by atoms with E-state index in [4.69, 9.17) is 7.85 Å². The van der Waals surface area contributed by atoms with Gasteiger partial charge in [0.1, 0.15) is 10.8 Å². The van der Waals surface area contributed by atoms with E-state index in [9.17, 15) is 0 Å². The van der Waals surface area contributed by atoms with Crippen molar-refractivity contribution in [3.05, 3.63) is 41.9 Å². The first-order valence-corrected chi connectivity index (χ1v) is 6.96. The lowest BCUT2D eigenvalue weighted by Crippen LogP contribution is -2.16. The summed E-state index contributed by atoms with van der Waals surface area (Å²) < 4.78 is 2.02. The zero-order chi connectivity index (χ0) is 12.8. The van der Waals surface area contributed by atoms with Crippen molar-refractivity contribution in [1.29, 1.82) is 0 Å². The van der Waals surface area contributed by atoms with E-state index < -0.39 is 5.06 Å². The molecule has 18 heavy (non-hydrogen) atoms. The van der Waals surface area contributed by atoms with Crippen molar-refractivity contribution in [2.45, 2.75) is 12.0 Å². The molecule has 3 heterocycles. The molecular formula is C12H11BN3PS. The minimum absolute atomic E-state index is 0.548. The van der Waals surface area contributed by atoms with Crippen LogP contribution in [0.1, 0.15) is 12.7 Å². The average Bonchev–Trinajstić information content (AvgIpc) is 2.96. The summed E-state index contributed by atoms with van der Waals surface area (Å²) in [6.45, 7) is 1.92. The van der Waals surface area contributed by atoms with E-state index >= 15 is 0 Å². The van der Waals surface area contributed by atoms with Gasteiger partial charge in [-0.25, -0.2) is 9.97 Å². The molecule has 3 nitrogen and oxygen atoms in total. The summed E-state index contributed by atoms with van der Waals surface area (Å²) >= 11 is 1.62. The highest BCUT2D eigenvalue weighted by molar-refractivity contribution is 7.21. The van der Waals surface area contributed by atoms with E-state index in [2.05, 4.69) is 25.3 Å². The summed E-state index contributed by atoms with van der Waals surface area (Å²) in [4.78, 5) is 8.71. The topological polar surface area (TPSA) is 30.2 Å². The Morgan fingerprint density at radius 3 is 2.89 bits per heavy atom. The number of aromatic nitrogens is 3. The lowest BCUT2D eigenvalue weighted by atomic mass is 9.87. The van der Waals surface area contributed by atoms with E-state index in [1.54, 1.807) is 11.3 Å². The molecule has 0 aromatic carbocycles. The second-order valence-corrected chi connectivity index (χ2v) is 6.51. The number of fused-ring (bicyclic) bond motifs is 1. The van der Waals surface area contributed by atoms with Gasteiger partial charge in [-0.05, 0) is 12.1 Å². The highest BCUT2D eigenvalue weighted by atomic mass is 32.1. The molecule has 0 aliphatic rings. The second-order valence-electron chi connectivity index (χ2n) is 4.41. The van der Waals surface area contributed by atoms with Crippen LogP contribution in [0.15, 0.2) is 36.1 Å². The fourth-order valence-corrected chi connectivity index (χ4v) is 2.72. The third-order valence-electron chi connectivity index (χ3n) is 2.69. The van der Waals surface area contributed by atoms with E-state index in [-0.39, 0.29) is 0 Å². The molecule has 2 radical (unpaired) electrons. The molecule has 3 aromatic heterocycles. The second kappa shape index (κ2) is 4.18. The zero-order valence-electron chi connectivity index (χ0n) is 9.87. The van der Waals surface area contributed by atoms with Gasteiger partial charge in [-0.1, -0.05) is 6.92 Å². The van der Waals surface area contributed by atoms with Gasteiger partial charge in [-0.15, -0.1) is 20.6 Å². The van der Waals surface area contributed by atoms with Crippen LogP contribution in [0.5, 0.6) is 0 Å². The van der Waals surface area contributed by atoms with Crippen LogP contribution in [0.2, 0.25) is 0 Å². The molecule has 0 spiro atoms. The van der Waals surface area contributed by atoms with Crippen molar-refractivity contribution in [2.75, 3.05) is 0 Å². The molecule has 6 heteroatoms. The predicted molar refractivity (Wildman–Crippen MR) is 79.1 cm³/mol. The predicted octanol–water partition coefficient (Wildman–Crippen LogP) is 2.67. The molecule has 3 rings (SSSR count). The lowest BCUT2D eigenvalue weighted by Gasteiger charge is -2.17. The van der Waals surface area contributed by atoms with Crippen LogP contribution in [0.3, 0.4) is 0 Å². The van der Waals surface area contributed by atoms with Crippen LogP contribution >= 0.6 is 20.6 Å². The van der Waals surface area contributed by atoms with Crippen LogP contribution in [-0.4, -0.2) is 22.2 Å². The molecule has 0 fully saturated rings. The Morgan fingerprint density at radius 1 is 1.39 bits per heavy atom. The summed E-state index contributed by atoms with van der Waals surface area (Å²) in [7, 11) is 8.72. The third kappa shape index (κ3) is 1.98.